The summed E-state index contributed by atoms with van der Waals surface area (Å²) >= 11 is 1.68. The number of hydrogen-bond acceptors (Lipinski definition) is 5. The lowest BCUT2D eigenvalue weighted by atomic mass is 9.95. The average Bonchev–Trinajstić information content (AvgIpc) is 3.38. The van der Waals surface area contributed by atoms with Crippen molar-refractivity contribution in [1.29, 1.82) is 0 Å². The molecule has 5 nitrogen and oxygen atoms in total. The van der Waals surface area contributed by atoms with Crippen LogP contribution in [-0.4, -0.2) is 9.55 Å². The first kappa shape index (κ1) is 16.3. The van der Waals surface area contributed by atoms with E-state index in [0.29, 0.717) is 5.89 Å². The number of fused-ring (bicyclic) bond motifs is 2. The van der Waals surface area contributed by atoms with Gasteiger partial charge in [0.2, 0.25) is 5.89 Å². The molecule has 3 aromatic rings. The Morgan fingerprint density at radius 1 is 1.33 bits per heavy atom. The van der Waals surface area contributed by atoms with Crippen molar-refractivity contribution in [2.24, 2.45) is 5.73 Å². The van der Waals surface area contributed by atoms with E-state index in [-0.39, 0.29) is 0 Å². The lowest BCUT2D eigenvalue weighted by molar-refractivity contribution is 0.458. The number of oxazole rings is 1. The molecular weight excluding hydrogens is 356 g/mol. The fraction of sp³-hybridized carbons (Fsp3) is 0.190. The lowest BCUT2D eigenvalue weighted by Crippen LogP contribution is -2.19. The van der Waals surface area contributed by atoms with Crippen LogP contribution in [0, 0.1) is 6.92 Å². The van der Waals surface area contributed by atoms with Crippen LogP contribution >= 0.6 is 11.8 Å². The fourth-order valence-corrected chi connectivity index (χ4v) is 5.08. The van der Waals surface area contributed by atoms with Crippen LogP contribution in [0.15, 0.2) is 75.7 Å². The van der Waals surface area contributed by atoms with E-state index < -0.39 is 4.75 Å². The molecule has 0 fully saturated rings. The first-order valence-corrected chi connectivity index (χ1v) is 9.80. The molecule has 3 N–H and O–H groups in total. The van der Waals surface area contributed by atoms with E-state index in [1.54, 1.807) is 18.0 Å². The summed E-state index contributed by atoms with van der Waals surface area (Å²) in [6.45, 7) is 5.02. The van der Waals surface area contributed by atoms with E-state index in [1.165, 1.54) is 10.9 Å². The van der Waals surface area contributed by atoms with Crippen LogP contribution in [0.2, 0.25) is 0 Å². The second kappa shape index (κ2) is 5.82. The number of aryl methyl sites for hydroxylation is 2. The largest absolute Gasteiger partial charge is 0.444 e. The summed E-state index contributed by atoms with van der Waals surface area (Å²) in [5.74, 6) is 1.47. The number of aromatic nitrogens is 2. The van der Waals surface area contributed by atoms with Crippen LogP contribution in [0.1, 0.15) is 24.1 Å². The molecule has 1 unspecified atom stereocenters. The highest BCUT2D eigenvalue weighted by atomic mass is 32.2. The minimum absolute atomic E-state index is 0.551. The van der Waals surface area contributed by atoms with Gasteiger partial charge in [0.15, 0.2) is 0 Å². The molecule has 6 heteroatoms. The third-order valence-corrected chi connectivity index (χ3v) is 6.61. The number of hydrogen-bond donors (Lipinski definition) is 2. The van der Waals surface area contributed by atoms with Gasteiger partial charge in [-0.2, -0.15) is 0 Å². The Labute approximate surface area is 161 Å². The Bertz CT molecular complexity index is 1150. The van der Waals surface area contributed by atoms with Crippen molar-refractivity contribution in [3.63, 3.8) is 0 Å². The van der Waals surface area contributed by atoms with Crippen LogP contribution < -0.4 is 11.1 Å². The first-order valence-electron chi connectivity index (χ1n) is 8.98. The molecule has 1 aromatic carbocycles. The van der Waals surface area contributed by atoms with E-state index in [1.807, 2.05) is 19.2 Å². The molecule has 0 saturated carbocycles. The number of benzene rings is 1. The van der Waals surface area contributed by atoms with Crippen LogP contribution in [0.5, 0.6) is 0 Å². The zero-order valence-corrected chi connectivity index (χ0v) is 16.0. The Hall–Kier alpha value is -2.86. The number of dihydropyridines is 1. The maximum Gasteiger partial charge on any atom is 0.219 e. The average molecular weight is 376 g/mol. The van der Waals surface area contributed by atoms with Gasteiger partial charge in [-0.25, -0.2) is 4.98 Å². The molecule has 0 saturated heterocycles. The number of nitrogens with zero attached hydrogens (tertiary/aromatic N) is 2. The van der Waals surface area contributed by atoms with Gasteiger partial charge in [0, 0.05) is 30.2 Å². The molecule has 5 rings (SSSR count). The zero-order chi connectivity index (χ0) is 18.6. The molecule has 0 aliphatic carbocycles. The van der Waals surface area contributed by atoms with E-state index >= 15 is 0 Å². The maximum absolute atomic E-state index is 6.25. The zero-order valence-electron chi connectivity index (χ0n) is 15.2. The quantitative estimate of drug-likeness (QED) is 0.720. The summed E-state index contributed by atoms with van der Waals surface area (Å²) in [6.07, 6.45) is 9.83. The summed E-state index contributed by atoms with van der Waals surface area (Å²) in [4.78, 5) is 5.61. The summed E-state index contributed by atoms with van der Waals surface area (Å²) < 4.78 is 7.70. The predicted octanol–water partition coefficient (Wildman–Crippen LogP) is 4.12. The van der Waals surface area contributed by atoms with Gasteiger partial charge < -0.3 is 20.0 Å². The van der Waals surface area contributed by atoms with Crippen LogP contribution in [0.25, 0.3) is 10.9 Å². The molecular formula is C21H20N4OS. The van der Waals surface area contributed by atoms with Crippen LogP contribution in [0.4, 0.5) is 0 Å². The Morgan fingerprint density at radius 3 is 2.96 bits per heavy atom. The summed E-state index contributed by atoms with van der Waals surface area (Å²) in [5.41, 5.74) is 10.4. The molecule has 0 spiro atoms. The van der Waals surface area contributed by atoms with Gasteiger partial charge in [-0.05, 0) is 55.1 Å². The van der Waals surface area contributed by atoms with E-state index in [2.05, 4.69) is 58.3 Å². The maximum atomic E-state index is 6.25. The smallest absolute Gasteiger partial charge is 0.219 e. The minimum atomic E-state index is -0.551. The van der Waals surface area contributed by atoms with Gasteiger partial charge in [-0.1, -0.05) is 17.8 Å². The third kappa shape index (κ3) is 2.36. The molecule has 2 aliphatic heterocycles. The molecule has 27 heavy (non-hydrogen) atoms. The van der Waals surface area contributed by atoms with Crippen molar-refractivity contribution in [3.05, 3.63) is 88.5 Å². The number of thioether (sulfide) groups is 1. The second-order valence-electron chi connectivity index (χ2n) is 6.81. The summed E-state index contributed by atoms with van der Waals surface area (Å²) in [7, 11) is 0. The molecule has 0 radical (unpaired) electrons. The van der Waals surface area contributed by atoms with Gasteiger partial charge in [0.05, 0.1) is 16.8 Å². The van der Waals surface area contributed by atoms with Crippen molar-refractivity contribution < 1.29 is 4.42 Å². The minimum Gasteiger partial charge on any atom is -0.444 e. The van der Waals surface area contributed by atoms with E-state index in [4.69, 9.17) is 10.2 Å². The van der Waals surface area contributed by atoms with Crippen LogP contribution in [-0.2, 0) is 11.3 Å². The van der Waals surface area contributed by atoms with Gasteiger partial charge in [-0.15, -0.1) is 0 Å². The monoisotopic (exact) mass is 376 g/mol. The molecule has 4 heterocycles. The standard InChI is InChI=1S/C21H20N4OS/c1-3-25-9-7-14-10-15(4-5-18(14)25)21(20-24-12-13(2)26-20)11-17-19(27-21)16(22)6-8-23-17/h4-12,23H,3,22H2,1-2H3. The van der Waals surface area contributed by atoms with E-state index in [9.17, 15) is 0 Å². The molecule has 136 valence electrons. The predicted molar refractivity (Wildman–Crippen MR) is 109 cm³/mol. The molecule has 2 aliphatic rings. The topological polar surface area (TPSA) is 69.0 Å². The normalized spacial score (nSPS) is 21.5. The highest BCUT2D eigenvalue weighted by Crippen LogP contribution is 2.55. The fourth-order valence-electron chi connectivity index (χ4n) is 3.74. The summed E-state index contributed by atoms with van der Waals surface area (Å²) in [5, 5.41) is 4.52. The van der Waals surface area contributed by atoms with Gasteiger partial charge in [0.25, 0.3) is 0 Å². The Morgan fingerprint density at radius 2 is 2.22 bits per heavy atom. The van der Waals surface area contributed by atoms with Gasteiger partial charge >= 0.3 is 0 Å². The van der Waals surface area contributed by atoms with Crippen molar-refractivity contribution in [2.45, 2.75) is 25.1 Å². The second-order valence-corrected chi connectivity index (χ2v) is 8.07. The number of allylic oxidation sites excluding steroid dienone is 1. The molecule has 1 atom stereocenters. The van der Waals surface area contributed by atoms with Crippen molar-refractivity contribution in [2.75, 3.05) is 0 Å². The molecule has 2 aromatic heterocycles. The first-order chi connectivity index (χ1) is 13.1. The van der Waals surface area contributed by atoms with Crippen molar-refractivity contribution in [3.8, 4) is 0 Å². The molecule has 0 bridgehead atoms. The van der Waals surface area contributed by atoms with Crippen LogP contribution in [0.3, 0.4) is 0 Å². The number of rotatable bonds is 3. The SMILES string of the molecule is CCn1ccc2cc(C3(c4ncc(C)o4)C=C4NC=CC(N)=C4S3)ccc21. The van der Waals surface area contributed by atoms with Crippen molar-refractivity contribution >= 4 is 22.7 Å². The number of nitrogens with one attached hydrogen (secondary N) is 1. The third-order valence-electron chi connectivity index (χ3n) is 5.10. The van der Waals surface area contributed by atoms with E-state index in [0.717, 1.165) is 34.2 Å². The molecule has 0 amide bonds. The Balaban J connectivity index is 1.73. The highest BCUT2D eigenvalue weighted by molar-refractivity contribution is 8.04. The van der Waals surface area contributed by atoms with Gasteiger partial charge in [0.1, 0.15) is 10.5 Å². The lowest BCUT2D eigenvalue weighted by Gasteiger charge is -2.24. The Kier molecular flexibility index (Phi) is 3.52. The summed E-state index contributed by atoms with van der Waals surface area (Å²) in [6, 6.07) is 8.73. The number of nitrogens with two attached hydrogens (primary N) is 1. The highest BCUT2D eigenvalue weighted by Gasteiger charge is 2.45. The van der Waals surface area contributed by atoms with Gasteiger partial charge in [-0.3, -0.25) is 0 Å². The van der Waals surface area contributed by atoms with Crippen molar-refractivity contribution in [1.82, 2.24) is 14.9 Å².